The lowest BCUT2D eigenvalue weighted by atomic mass is 9.75. The van der Waals surface area contributed by atoms with Gasteiger partial charge in [0.25, 0.3) is 0 Å². The zero-order valence-electron chi connectivity index (χ0n) is 23.0. The molecule has 2 aromatic rings. The molecule has 3 aliphatic rings. The maximum absolute atomic E-state index is 14.0. The Kier molecular flexibility index (Phi) is 8.40. The standard InChI is InChI=1S/C31H42FN3O4/c1-18-24-15-19(7-12-26(24)34-28(18)31(38)39)16-27(36)29-23(20-5-3-2-4-6-20)13-14-35(29)30(37)22-10-8-21(9-11-22)25(33)17-32/h7,12,15,20-23,25,29,34H,2-6,8-11,13-14,16-17,33H2,1H3,(H,38,39)/t21?,22?,23-,25?,29-/m0/s1. The van der Waals surface area contributed by atoms with Crippen LogP contribution in [0, 0.1) is 30.6 Å². The van der Waals surface area contributed by atoms with Crippen molar-refractivity contribution in [1.29, 1.82) is 0 Å². The Morgan fingerprint density at radius 1 is 1.08 bits per heavy atom. The summed E-state index contributed by atoms with van der Waals surface area (Å²) in [5, 5.41) is 10.3. The summed E-state index contributed by atoms with van der Waals surface area (Å²) in [7, 11) is 0. The summed E-state index contributed by atoms with van der Waals surface area (Å²) in [6.45, 7) is 1.87. The fourth-order valence-electron chi connectivity index (χ4n) is 7.69. The van der Waals surface area contributed by atoms with Gasteiger partial charge in [0.1, 0.15) is 12.4 Å². The molecular formula is C31H42FN3O4. The average Bonchev–Trinajstić information content (AvgIpc) is 3.54. The first kappa shape index (κ1) is 27.8. The third-order valence-corrected chi connectivity index (χ3v) is 9.93. The molecule has 1 amide bonds. The second-order valence-corrected chi connectivity index (χ2v) is 12.2. The molecule has 7 nitrogen and oxygen atoms in total. The molecule has 0 spiro atoms. The van der Waals surface area contributed by atoms with Crippen LogP contribution in [-0.2, 0) is 16.0 Å². The van der Waals surface area contributed by atoms with E-state index in [9.17, 15) is 23.9 Å². The van der Waals surface area contributed by atoms with Crippen LogP contribution in [0.2, 0.25) is 0 Å². The number of carboxylic acids is 1. The van der Waals surface area contributed by atoms with Crippen molar-refractivity contribution in [2.45, 2.75) is 89.6 Å². The summed E-state index contributed by atoms with van der Waals surface area (Å²) >= 11 is 0. The number of hydrogen-bond donors (Lipinski definition) is 3. The SMILES string of the molecule is Cc1c(C(=O)O)[nH]c2ccc(CC(=O)[C@@H]3[C@H](C4CCCCC4)CCN3C(=O)C3CCC(C(N)CF)CC3)cc12. The number of amides is 1. The number of H-pyrrole nitrogens is 1. The van der Waals surface area contributed by atoms with Crippen molar-refractivity contribution >= 4 is 28.6 Å². The molecule has 4 N–H and O–H groups in total. The highest BCUT2D eigenvalue weighted by molar-refractivity contribution is 5.98. The molecule has 1 aromatic carbocycles. The maximum Gasteiger partial charge on any atom is 0.352 e. The van der Waals surface area contributed by atoms with Gasteiger partial charge in [-0.25, -0.2) is 9.18 Å². The van der Waals surface area contributed by atoms with Crippen molar-refractivity contribution in [2.75, 3.05) is 13.2 Å². The summed E-state index contributed by atoms with van der Waals surface area (Å²) in [4.78, 5) is 44.3. The summed E-state index contributed by atoms with van der Waals surface area (Å²) < 4.78 is 13.1. The largest absolute Gasteiger partial charge is 0.477 e. The van der Waals surface area contributed by atoms with Crippen molar-refractivity contribution in [3.63, 3.8) is 0 Å². The van der Waals surface area contributed by atoms with E-state index in [4.69, 9.17) is 5.73 Å². The zero-order chi connectivity index (χ0) is 27.7. The number of rotatable bonds is 8. The van der Waals surface area contributed by atoms with E-state index in [-0.39, 0.29) is 41.6 Å². The average molecular weight is 540 g/mol. The number of aryl methyl sites for hydroxylation is 1. The van der Waals surface area contributed by atoms with E-state index in [1.807, 2.05) is 23.1 Å². The number of nitrogens with one attached hydrogen (secondary N) is 1. The van der Waals surface area contributed by atoms with Crippen molar-refractivity contribution < 1.29 is 23.9 Å². The molecule has 3 atom stereocenters. The number of Topliss-reactive ketones (excluding diaryl/α,β-unsaturated/α-hetero) is 1. The van der Waals surface area contributed by atoms with Gasteiger partial charge in [-0.3, -0.25) is 9.59 Å². The number of hydrogen-bond acceptors (Lipinski definition) is 4. The van der Waals surface area contributed by atoms with Crippen LogP contribution in [0.1, 0.15) is 85.8 Å². The van der Waals surface area contributed by atoms with Crippen molar-refractivity contribution in [3.8, 4) is 0 Å². The number of fused-ring (bicyclic) bond motifs is 1. The first-order chi connectivity index (χ1) is 18.8. The molecule has 1 saturated heterocycles. The second-order valence-electron chi connectivity index (χ2n) is 12.2. The Hall–Kier alpha value is -2.74. The van der Waals surface area contributed by atoms with Gasteiger partial charge in [0, 0.05) is 35.8 Å². The van der Waals surface area contributed by atoms with E-state index >= 15 is 0 Å². The summed E-state index contributed by atoms with van der Waals surface area (Å²) in [5.41, 5.74) is 8.35. The van der Waals surface area contributed by atoms with Gasteiger partial charge in [0.15, 0.2) is 5.78 Å². The number of halogens is 1. The molecule has 1 aromatic heterocycles. The van der Waals surface area contributed by atoms with Gasteiger partial charge < -0.3 is 20.7 Å². The monoisotopic (exact) mass is 539 g/mol. The van der Waals surface area contributed by atoms with E-state index in [0.29, 0.717) is 30.9 Å². The van der Waals surface area contributed by atoms with E-state index in [1.54, 1.807) is 6.92 Å². The number of carbonyl (C=O) groups is 3. The normalized spacial score (nSPS) is 27.1. The topological polar surface area (TPSA) is 116 Å². The fraction of sp³-hybridized carbons (Fsp3) is 0.645. The Labute approximate surface area is 229 Å². The Morgan fingerprint density at radius 2 is 1.79 bits per heavy atom. The Bertz CT molecular complexity index is 1210. The summed E-state index contributed by atoms with van der Waals surface area (Å²) in [6.07, 6.45) is 9.87. The van der Waals surface area contributed by atoms with E-state index in [0.717, 1.165) is 48.6 Å². The highest BCUT2D eigenvalue weighted by Crippen LogP contribution is 2.41. The first-order valence-corrected chi connectivity index (χ1v) is 14.8. The number of alkyl halides is 1. The van der Waals surface area contributed by atoms with Crippen LogP contribution in [-0.4, -0.2) is 58.0 Å². The highest BCUT2D eigenvalue weighted by Gasteiger charge is 2.46. The van der Waals surface area contributed by atoms with Gasteiger partial charge in [-0.2, -0.15) is 0 Å². The number of carboxylic acid groups (broad SMARTS) is 1. The summed E-state index contributed by atoms with van der Waals surface area (Å²) in [5.74, 6) is -0.180. The quantitative estimate of drug-likeness (QED) is 0.427. The number of aromatic nitrogens is 1. The summed E-state index contributed by atoms with van der Waals surface area (Å²) in [6, 6.07) is 4.77. The Morgan fingerprint density at radius 3 is 2.46 bits per heavy atom. The maximum atomic E-state index is 14.0. The van der Waals surface area contributed by atoms with Crippen molar-refractivity contribution in [2.24, 2.45) is 29.4 Å². The molecule has 2 saturated carbocycles. The fourth-order valence-corrected chi connectivity index (χ4v) is 7.69. The lowest BCUT2D eigenvalue weighted by Gasteiger charge is -2.37. The lowest BCUT2D eigenvalue weighted by Crippen LogP contribution is -2.48. The molecule has 0 radical (unpaired) electrons. The van der Waals surface area contributed by atoms with Crippen LogP contribution in [0.25, 0.3) is 10.9 Å². The molecule has 39 heavy (non-hydrogen) atoms. The molecular weight excluding hydrogens is 497 g/mol. The minimum absolute atomic E-state index is 0.0792. The molecule has 8 heteroatoms. The van der Waals surface area contributed by atoms with Crippen molar-refractivity contribution in [1.82, 2.24) is 9.88 Å². The van der Waals surface area contributed by atoms with E-state index in [1.165, 1.54) is 19.3 Å². The number of aromatic amines is 1. The Balaban J connectivity index is 1.36. The van der Waals surface area contributed by atoms with Crippen LogP contribution in [0.5, 0.6) is 0 Å². The highest BCUT2D eigenvalue weighted by atomic mass is 19.1. The van der Waals surface area contributed by atoms with Crippen LogP contribution in [0.3, 0.4) is 0 Å². The van der Waals surface area contributed by atoms with Crippen LogP contribution in [0.15, 0.2) is 18.2 Å². The van der Waals surface area contributed by atoms with Gasteiger partial charge in [-0.05, 0) is 80.0 Å². The number of carbonyl (C=O) groups excluding carboxylic acids is 2. The van der Waals surface area contributed by atoms with Gasteiger partial charge in [0.2, 0.25) is 5.91 Å². The lowest BCUT2D eigenvalue weighted by molar-refractivity contribution is -0.143. The molecule has 212 valence electrons. The van der Waals surface area contributed by atoms with Crippen LogP contribution >= 0.6 is 0 Å². The predicted molar refractivity (Wildman–Crippen MR) is 148 cm³/mol. The smallest absolute Gasteiger partial charge is 0.352 e. The number of aromatic carboxylic acids is 1. The molecule has 3 fully saturated rings. The van der Waals surface area contributed by atoms with E-state index in [2.05, 4.69) is 4.98 Å². The number of likely N-dealkylation sites (tertiary alicyclic amines) is 1. The number of nitrogens with two attached hydrogens (primary N) is 1. The van der Waals surface area contributed by atoms with Crippen LogP contribution in [0.4, 0.5) is 4.39 Å². The number of ketones is 1. The van der Waals surface area contributed by atoms with E-state index < -0.39 is 24.7 Å². The second kappa shape index (κ2) is 11.8. The molecule has 5 rings (SSSR count). The molecule has 1 unspecified atom stereocenters. The molecule has 1 aliphatic heterocycles. The van der Waals surface area contributed by atoms with Gasteiger partial charge >= 0.3 is 5.97 Å². The molecule has 2 heterocycles. The van der Waals surface area contributed by atoms with Gasteiger partial charge in [-0.1, -0.05) is 38.2 Å². The van der Waals surface area contributed by atoms with Gasteiger partial charge in [-0.15, -0.1) is 0 Å². The van der Waals surface area contributed by atoms with Crippen molar-refractivity contribution in [3.05, 3.63) is 35.0 Å². The van der Waals surface area contributed by atoms with Gasteiger partial charge in [0.05, 0.1) is 6.04 Å². The van der Waals surface area contributed by atoms with Crippen LogP contribution < -0.4 is 5.73 Å². The number of nitrogens with zero attached hydrogens (tertiary/aromatic N) is 1. The third kappa shape index (κ3) is 5.63. The third-order valence-electron chi connectivity index (χ3n) is 9.93. The molecule has 2 aliphatic carbocycles. The molecule has 0 bridgehead atoms. The first-order valence-electron chi connectivity index (χ1n) is 14.8. The minimum atomic E-state index is -1.00. The minimum Gasteiger partial charge on any atom is -0.477 e. The zero-order valence-corrected chi connectivity index (χ0v) is 23.0. The number of benzene rings is 1. The predicted octanol–water partition coefficient (Wildman–Crippen LogP) is 5.19.